The molecule has 1 saturated heterocycles. The van der Waals surface area contributed by atoms with Crippen LogP contribution >= 0.6 is 11.6 Å². The van der Waals surface area contributed by atoms with Gasteiger partial charge in [-0.15, -0.1) is 0 Å². The highest BCUT2D eigenvalue weighted by Crippen LogP contribution is 2.35. The highest BCUT2D eigenvalue weighted by Gasteiger charge is 2.39. The zero-order valence-electron chi connectivity index (χ0n) is 17.0. The van der Waals surface area contributed by atoms with Gasteiger partial charge in [0.1, 0.15) is 5.75 Å². The molecule has 2 aromatic carbocycles. The molecule has 2 heterocycles. The average Bonchev–Trinajstić information content (AvgIpc) is 2.78. The number of rotatable bonds is 3. The molecule has 32 heavy (non-hydrogen) atoms. The number of hydrogen-bond acceptors (Lipinski definition) is 5. The lowest BCUT2D eigenvalue weighted by Crippen LogP contribution is -2.50. The second-order valence-corrected chi connectivity index (χ2v) is 7.57. The van der Waals surface area contributed by atoms with Crippen LogP contribution in [0, 0.1) is 0 Å². The van der Waals surface area contributed by atoms with Crippen molar-refractivity contribution in [2.75, 3.05) is 43.5 Å². The molecule has 0 aliphatic carbocycles. The number of anilines is 2. The van der Waals surface area contributed by atoms with Crippen LogP contribution in [-0.2, 0) is 6.18 Å². The second kappa shape index (κ2) is 8.70. The zero-order valence-corrected chi connectivity index (χ0v) is 17.7. The summed E-state index contributed by atoms with van der Waals surface area (Å²) in [6.45, 7) is 0.771. The molecule has 0 unspecified atom stereocenters. The number of carbonyl (C=O) groups excluding carboxylic acids is 1. The van der Waals surface area contributed by atoms with Gasteiger partial charge in [-0.25, -0.2) is 14.8 Å². The summed E-state index contributed by atoms with van der Waals surface area (Å²) >= 11 is 5.99. The maximum atomic E-state index is 13.7. The highest BCUT2D eigenvalue weighted by atomic mass is 35.5. The minimum atomic E-state index is -4.65. The smallest absolute Gasteiger partial charge is 0.437 e. The van der Waals surface area contributed by atoms with Crippen molar-refractivity contribution >= 4 is 40.2 Å². The number of methoxy groups -OCH3 is 1. The number of fused-ring (bicyclic) bond motifs is 1. The van der Waals surface area contributed by atoms with Gasteiger partial charge in [0.25, 0.3) is 0 Å². The summed E-state index contributed by atoms with van der Waals surface area (Å²) < 4.78 is 46.2. The number of nitrogens with one attached hydrogen (secondary N) is 1. The molecule has 3 aromatic rings. The van der Waals surface area contributed by atoms with Crippen LogP contribution in [0.4, 0.5) is 29.5 Å². The molecular formula is C21H19ClF3N5O2. The third-order valence-corrected chi connectivity index (χ3v) is 5.33. The van der Waals surface area contributed by atoms with Crippen molar-refractivity contribution in [1.29, 1.82) is 0 Å². The van der Waals surface area contributed by atoms with Crippen molar-refractivity contribution < 1.29 is 22.7 Å². The van der Waals surface area contributed by atoms with Gasteiger partial charge in [0.2, 0.25) is 0 Å². The van der Waals surface area contributed by atoms with Crippen molar-refractivity contribution in [2.45, 2.75) is 6.18 Å². The summed E-state index contributed by atoms with van der Waals surface area (Å²) in [6, 6.07) is 10.9. The van der Waals surface area contributed by atoms with E-state index >= 15 is 0 Å². The Bertz CT molecular complexity index is 1150. The molecule has 0 saturated carbocycles. The Hall–Kier alpha value is -3.27. The first kappa shape index (κ1) is 21.9. The molecule has 0 spiro atoms. The second-order valence-electron chi connectivity index (χ2n) is 7.13. The van der Waals surface area contributed by atoms with E-state index in [-0.39, 0.29) is 37.5 Å². The first-order chi connectivity index (χ1) is 15.3. The maximum absolute atomic E-state index is 13.7. The van der Waals surface area contributed by atoms with Crippen LogP contribution in [-0.4, -0.2) is 54.2 Å². The molecule has 1 aliphatic rings. The van der Waals surface area contributed by atoms with Crippen molar-refractivity contribution in [3.8, 4) is 5.75 Å². The predicted octanol–water partition coefficient (Wildman–Crippen LogP) is 4.66. The summed E-state index contributed by atoms with van der Waals surface area (Å²) in [5.74, 6) is 0.218. The van der Waals surface area contributed by atoms with Crippen molar-refractivity contribution in [2.24, 2.45) is 0 Å². The van der Waals surface area contributed by atoms with Crippen LogP contribution in [0.25, 0.3) is 11.0 Å². The van der Waals surface area contributed by atoms with Gasteiger partial charge in [-0.2, -0.15) is 13.2 Å². The Kier molecular flexibility index (Phi) is 5.96. The molecular weight excluding hydrogens is 447 g/mol. The highest BCUT2D eigenvalue weighted by molar-refractivity contribution is 6.31. The molecule has 2 amide bonds. The number of nitrogens with zero attached hydrogens (tertiary/aromatic N) is 4. The number of amides is 2. The Morgan fingerprint density at radius 2 is 1.72 bits per heavy atom. The molecule has 4 rings (SSSR count). The first-order valence-corrected chi connectivity index (χ1v) is 10.1. The Morgan fingerprint density at radius 3 is 2.34 bits per heavy atom. The van der Waals surface area contributed by atoms with E-state index in [4.69, 9.17) is 16.3 Å². The van der Waals surface area contributed by atoms with E-state index in [0.29, 0.717) is 22.0 Å². The molecule has 1 aliphatic heterocycles. The van der Waals surface area contributed by atoms with Crippen LogP contribution in [0.3, 0.4) is 0 Å². The van der Waals surface area contributed by atoms with E-state index in [2.05, 4.69) is 15.3 Å². The van der Waals surface area contributed by atoms with Gasteiger partial charge in [-0.3, -0.25) is 0 Å². The van der Waals surface area contributed by atoms with Crippen molar-refractivity contribution in [1.82, 2.24) is 14.9 Å². The average molecular weight is 466 g/mol. The summed E-state index contributed by atoms with van der Waals surface area (Å²) in [4.78, 5) is 23.7. The van der Waals surface area contributed by atoms with E-state index in [1.807, 2.05) is 0 Å². The van der Waals surface area contributed by atoms with Crippen LogP contribution in [0.5, 0.6) is 5.75 Å². The van der Waals surface area contributed by atoms with E-state index in [1.54, 1.807) is 36.4 Å². The van der Waals surface area contributed by atoms with Gasteiger partial charge < -0.3 is 19.9 Å². The van der Waals surface area contributed by atoms with Gasteiger partial charge in [0.15, 0.2) is 11.5 Å². The molecule has 0 bridgehead atoms. The Labute approximate surface area is 186 Å². The quantitative estimate of drug-likeness (QED) is 0.609. The van der Waals surface area contributed by atoms with Gasteiger partial charge in [-0.1, -0.05) is 23.7 Å². The molecule has 0 radical (unpaired) electrons. The lowest BCUT2D eigenvalue weighted by molar-refractivity contribution is -0.140. The fourth-order valence-corrected chi connectivity index (χ4v) is 3.67. The van der Waals surface area contributed by atoms with Crippen molar-refractivity contribution in [3.63, 3.8) is 0 Å². The molecule has 1 fully saturated rings. The number of aromatic nitrogens is 2. The number of halogens is 4. The van der Waals surface area contributed by atoms with E-state index < -0.39 is 17.9 Å². The van der Waals surface area contributed by atoms with Gasteiger partial charge in [0, 0.05) is 31.2 Å². The Balaban J connectivity index is 1.51. The topological polar surface area (TPSA) is 70.6 Å². The number of hydrogen-bond donors (Lipinski definition) is 1. The maximum Gasteiger partial charge on any atom is 0.437 e. The summed E-state index contributed by atoms with van der Waals surface area (Å²) in [5, 5.41) is 3.17. The third-order valence-electron chi connectivity index (χ3n) is 5.09. The fourth-order valence-electron chi connectivity index (χ4n) is 3.49. The predicted molar refractivity (Wildman–Crippen MR) is 115 cm³/mol. The lowest BCUT2D eigenvalue weighted by Gasteiger charge is -2.36. The zero-order chi connectivity index (χ0) is 22.9. The molecule has 0 atom stereocenters. The van der Waals surface area contributed by atoms with Gasteiger partial charge in [0.05, 0.1) is 23.8 Å². The largest absolute Gasteiger partial charge is 0.495 e. The van der Waals surface area contributed by atoms with Crippen LogP contribution < -0.4 is 15.0 Å². The van der Waals surface area contributed by atoms with E-state index in [9.17, 15) is 18.0 Å². The normalized spacial score (nSPS) is 14.5. The fraction of sp³-hybridized carbons (Fsp3) is 0.286. The summed E-state index contributed by atoms with van der Waals surface area (Å²) in [7, 11) is 1.47. The number of piperazine rings is 1. The summed E-state index contributed by atoms with van der Waals surface area (Å²) in [6.07, 6.45) is -4.65. The third kappa shape index (κ3) is 4.50. The minimum absolute atomic E-state index is 0.177. The van der Waals surface area contributed by atoms with Crippen LogP contribution in [0.2, 0.25) is 5.02 Å². The van der Waals surface area contributed by atoms with Crippen molar-refractivity contribution in [3.05, 3.63) is 53.2 Å². The number of benzene rings is 2. The lowest BCUT2D eigenvalue weighted by atomic mass is 10.2. The van der Waals surface area contributed by atoms with Gasteiger partial charge >= 0.3 is 12.2 Å². The molecule has 11 heteroatoms. The minimum Gasteiger partial charge on any atom is -0.495 e. The number of alkyl halides is 3. The number of urea groups is 1. The SMILES string of the molecule is COc1ccc(Cl)cc1NC(=O)N1CCN(c2nc3ccccc3nc2C(F)(F)F)CC1. The Morgan fingerprint density at radius 1 is 1.06 bits per heavy atom. The molecule has 168 valence electrons. The summed E-state index contributed by atoms with van der Waals surface area (Å²) in [5.41, 5.74) is -0.0641. The molecule has 1 N–H and O–H groups in total. The molecule has 7 nitrogen and oxygen atoms in total. The van der Waals surface area contributed by atoms with E-state index in [0.717, 1.165) is 0 Å². The standard InChI is InChI=1S/C21H19ClF3N5O2/c1-32-17-7-6-13(22)12-16(17)28-20(31)30-10-8-29(9-11-30)19-18(21(23,24)25)26-14-4-2-3-5-15(14)27-19/h2-7,12H,8-11H2,1H3,(H,28,31). The number of carbonyl (C=O) groups is 1. The van der Waals surface area contributed by atoms with Crippen LogP contribution in [0.15, 0.2) is 42.5 Å². The van der Waals surface area contributed by atoms with E-state index in [1.165, 1.54) is 23.0 Å². The first-order valence-electron chi connectivity index (χ1n) is 9.74. The molecule has 1 aromatic heterocycles. The van der Waals surface area contributed by atoms with Gasteiger partial charge in [-0.05, 0) is 30.3 Å². The monoisotopic (exact) mass is 465 g/mol. The van der Waals surface area contributed by atoms with Crippen LogP contribution in [0.1, 0.15) is 5.69 Å². The number of ether oxygens (including phenoxy) is 1. The number of para-hydroxylation sites is 2.